The predicted molar refractivity (Wildman–Crippen MR) is 177 cm³/mol. The number of ether oxygens (including phenoxy) is 1. The molecule has 4 unspecified atom stereocenters. The Labute approximate surface area is 275 Å². The lowest BCUT2D eigenvalue weighted by molar-refractivity contribution is -0.145. The molecule has 0 heterocycles. The van der Waals surface area contributed by atoms with Crippen molar-refractivity contribution in [1.82, 2.24) is 26.6 Å². The van der Waals surface area contributed by atoms with Crippen molar-refractivity contribution in [2.24, 2.45) is 33.8 Å². The molecule has 0 saturated heterocycles. The van der Waals surface area contributed by atoms with Gasteiger partial charge in [0.05, 0.1) is 20.2 Å². The van der Waals surface area contributed by atoms with Crippen molar-refractivity contribution in [2.45, 2.75) is 83.0 Å². The minimum atomic E-state index is -1.03. The Kier molecular flexibility index (Phi) is 22.6. The Morgan fingerprint density at radius 1 is 0.761 bits per heavy atom. The average Bonchev–Trinajstić information content (AvgIpc) is 3.01. The van der Waals surface area contributed by atoms with E-state index in [9.17, 15) is 28.8 Å². The lowest BCUT2D eigenvalue weighted by atomic mass is 10.0. The van der Waals surface area contributed by atoms with Crippen LogP contribution >= 0.6 is 11.8 Å². The highest BCUT2D eigenvalue weighted by Gasteiger charge is 2.29. The fourth-order valence-electron chi connectivity index (χ4n) is 4.20. The summed E-state index contributed by atoms with van der Waals surface area (Å²) < 4.78 is 4.80. The standard InChI is InChI=1S/C28H54N10O7S/c1-17(2)14-21(36-22(39)15-30)26(43)37-19(10-13-46-4)24(41)34-16-23(40)35-18(8-5-6-11-29)25(42)38-20(27(44)45-3)9-7-12-33-28(31)32/h17-21H,5-16,29-30H2,1-4H3,(H,34,41)(H,35,40)(H,36,39)(H,37,43)(H,38,42)(H4,31,32,33). The van der Waals surface area contributed by atoms with Gasteiger partial charge in [0.1, 0.15) is 24.2 Å². The fourth-order valence-corrected chi connectivity index (χ4v) is 4.67. The van der Waals surface area contributed by atoms with E-state index in [-0.39, 0.29) is 44.2 Å². The largest absolute Gasteiger partial charge is 0.467 e. The van der Waals surface area contributed by atoms with E-state index in [1.807, 2.05) is 20.1 Å². The molecule has 0 spiro atoms. The summed E-state index contributed by atoms with van der Waals surface area (Å²) in [5.41, 5.74) is 21.6. The van der Waals surface area contributed by atoms with Crippen LogP contribution in [0.5, 0.6) is 0 Å². The highest BCUT2D eigenvalue weighted by molar-refractivity contribution is 7.98. The Morgan fingerprint density at radius 3 is 1.91 bits per heavy atom. The maximum absolute atomic E-state index is 13.2. The Bertz CT molecular complexity index is 1010. The molecule has 0 rings (SSSR count). The summed E-state index contributed by atoms with van der Waals surface area (Å²) in [6.45, 7) is 3.62. The zero-order valence-corrected chi connectivity index (χ0v) is 28.2. The molecule has 0 aromatic heterocycles. The fraction of sp³-hybridized carbons (Fsp3) is 0.750. The number of nitrogens with two attached hydrogens (primary N) is 4. The van der Waals surface area contributed by atoms with Crippen molar-refractivity contribution in [1.29, 1.82) is 0 Å². The summed E-state index contributed by atoms with van der Waals surface area (Å²) in [7, 11) is 1.19. The number of hydrogen-bond acceptors (Lipinski definition) is 11. The van der Waals surface area contributed by atoms with Crippen molar-refractivity contribution in [3.63, 3.8) is 0 Å². The molecule has 0 saturated carbocycles. The van der Waals surface area contributed by atoms with E-state index in [4.69, 9.17) is 27.7 Å². The first-order valence-electron chi connectivity index (χ1n) is 15.3. The van der Waals surface area contributed by atoms with E-state index in [0.717, 1.165) is 0 Å². The first-order chi connectivity index (χ1) is 21.8. The van der Waals surface area contributed by atoms with Crippen LogP contribution in [0.15, 0.2) is 4.99 Å². The summed E-state index contributed by atoms with van der Waals surface area (Å²) in [6.07, 6.45) is 4.33. The van der Waals surface area contributed by atoms with Gasteiger partial charge in [0.2, 0.25) is 29.5 Å². The Hall–Kier alpha value is -3.64. The molecule has 0 aliphatic carbocycles. The second kappa shape index (κ2) is 24.6. The number of nitrogens with zero attached hydrogens (tertiary/aromatic N) is 1. The zero-order chi connectivity index (χ0) is 35.1. The molecule has 18 heteroatoms. The molecule has 4 atom stereocenters. The number of rotatable bonds is 24. The van der Waals surface area contributed by atoms with Crippen LogP contribution in [0.1, 0.15) is 58.8 Å². The van der Waals surface area contributed by atoms with Crippen LogP contribution in [-0.4, -0.2) is 111 Å². The summed E-state index contributed by atoms with van der Waals surface area (Å²) in [5.74, 6) is -3.11. The number of nitrogens with one attached hydrogen (secondary N) is 5. The van der Waals surface area contributed by atoms with Gasteiger partial charge in [0.15, 0.2) is 5.96 Å². The predicted octanol–water partition coefficient (Wildman–Crippen LogP) is -2.84. The zero-order valence-electron chi connectivity index (χ0n) is 27.4. The van der Waals surface area contributed by atoms with Crippen molar-refractivity contribution < 1.29 is 33.5 Å². The van der Waals surface area contributed by atoms with Crippen LogP contribution < -0.4 is 49.5 Å². The molecule has 0 aliphatic rings. The maximum atomic E-state index is 13.2. The third-order valence-corrected chi connectivity index (χ3v) is 7.20. The Balaban J connectivity index is 5.51. The van der Waals surface area contributed by atoms with Gasteiger partial charge in [-0.25, -0.2) is 4.79 Å². The van der Waals surface area contributed by atoms with Gasteiger partial charge in [-0.15, -0.1) is 0 Å². The second-order valence-electron chi connectivity index (χ2n) is 11.0. The van der Waals surface area contributed by atoms with Crippen molar-refractivity contribution in [3.8, 4) is 0 Å². The molecular formula is C28H54N10O7S. The number of thioether (sulfide) groups is 1. The number of aliphatic imine (C=N–C) groups is 1. The molecule has 0 radical (unpaired) electrons. The third-order valence-electron chi connectivity index (χ3n) is 6.56. The van der Waals surface area contributed by atoms with E-state index in [1.165, 1.54) is 18.9 Å². The van der Waals surface area contributed by atoms with Gasteiger partial charge in [-0.05, 0) is 69.4 Å². The smallest absolute Gasteiger partial charge is 0.328 e. The second-order valence-corrected chi connectivity index (χ2v) is 11.9. The molecule has 0 aromatic carbocycles. The molecule has 5 amide bonds. The lowest BCUT2D eigenvalue weighted by Gasteiger charge is -2.24. The number of unbranched alkanes of at least 4 members (excludes halogenated alkanes) is 1. The Morgan fingerprint density at radius 2 is 1.35 bits per heavy atom. The van der Waals surface area contributed by atoms with E-state index in [2.05, 4.69) is 31.6 Å². The van der Waals surface area contributed by atoms with Gasteiger partial charge >= 0.3 is 5.97 Å². The molecule has 0 fully saturated rings. The highest BCUT2D eigenvalue weighted by atomic mass is 32.2. The molecule has 0 bridgehead atoms. The van der Waals surface area contributed by atoms with E-state index >= 15 is 0 Å². The van der Waals surface area contributed by atoms with Crippen molar-refractivity contribution in [2.75, 3.05) is 45.3 Å². The van der Waals surface area contributed by atoms with Gasteiger partial charge in [0.25, 0.3) is 0 Å². The number of hydrogen-bond donors (Lipinski definition) is 9. The number of carbonyl (C=O) groups is 6. The first kappa shape index (κ1) is 42.4. The number of carbonyl (C=O) groups excluding carboxylic acids is 6. The van der Waals surface area contributed by atoms with Crippen LogP contribution in [0.4, 0.5) is 0 Å². The van der Waals surface area contributed by atoms with Crippen LogP contribution in [0, 0.1) is 5.92 Å². The first-order valence-corrected chi connectivity index (χ1v) is 16.7. The van der Waals surface area contributed by atoms with Gasteiger partial charge in [-0.3, -0.25) is 29.0 Å². The summed E-state index contributed by atoms with van der Waals surface area (Å²) >= 11 is 1.47. The molecule has 13 N–H and O–H groups in total. The van der Waals surface area contributed by atoms with Crippen LogP contribution in [-0.2, 0) is 33.5 Å². The van der Waals surface area contributed by atoms with Crippen molar-refractivity contribution in [3.05, 3.63) is 0 Å². The van der Waals surface area contributed by atoms with E-state index < -0.39 is 66.2 Å². The maximum Gasteiger partial charge on any atom is 0.328 e. The normalized spacial score (nSPS) is 13.4. The average molecular weight is 675 g/mol. The van der Waals surface area contributed by atoms with Gasteiger partial charge in [0, 0.05) is 6.54 Å². The number of amides is 5. The summed E-state index contributed by atoms with van der Waals surface area (Å²) in [4.78, 5) is 80.2. The van der Waals surface area contributed by atoms with Gasteiger partial charge < -0.3 is 54.3 Å². The van der Waals surface area contributed by atoms with Crippen molar-refractivity contribution >= 4 is 53.2 Å². The number of esters is 1. The summed E-state index contributed by atoms with van der Waals surface area (Å²) in [6, 6.07) is -3.91. The molecule has 0 aliphatic heterocycles. The van der Waals surface area contributed by atoms with E-state index in [0.29, 0.717) is 38.0 Å². The SMILES string of the molecule is COC(=O)C(CCCN=C(N)N)NC(=O)C(CCCCN)NC(=O)CNC(=O)C(CCSC)NC(=O)C(CC(C)C)NC(=O)CN. The molecule has 17 nitrogen and oxygen atoms in total. The lowest BCUT2D eigenvalue weighted by Crippen LogP contribution is -2.56. The topological polar surface area (TPSA) is 288 Å². The van der Waals surface area contributed by atoms with E-state index in [1.54, 1.807) is 0 Å². The molecule has 46 heavy (non-hydrogen) atoms. The van der Waals surface area contributed by atoms with Crippen LogP contribution in [0.25, 0.3) is 0 Å². The minimum absolute atomic E-state index is 0.0681. The monoisotopic (exact) mass is 674 g/mol. The third kappa shape index (κ3) is 19.0. The van der Waals surface area contributed by atoms with Crippen LogP contribution in [0.2, 0.25) is 0 Å². The highest BCUT2D eigenvalue weighted by Crippen LogP contribution is 2.08. The number of guanidine groups is 1. The molecule has 264 valence electrons. The quantitative estimate of drug-likeness (QED) is 0.0217. The minimum Gasteiger partial charge on any atom is -0.467 e. The summed E-state index contributed by atoms with van der Waals surface area (Å²) in [5, 5.41) is 13.0. The number of methoxy groups -OCH3 is 1. The molecule has 0 aromatic rings. The molecular weight excluding hydrogens is 620 g/mol. The van der Waals surface area contributed by atoms with Crippen LogP contribution in [0.3, 0.4) is 0 Å². The van der Waals surface area contributed by atoms with Gasteiger partial charge in [-0.1, -0.05) is 13.8 Å². The van der Waals surface area contributed by atoms with Gasteiger partial charge in [-0.2, -0.15) is 11.8 Å².